The summed E-state index contributed by atoms with van der Waals surface area (Å²) in [5.74, 6) is 2.87. The van der Waals surface area contributed by atoms with Crippen molar-refractivity contribution in [1.29, 1.82) is 0 Å². The van der Waals surface area contributed by atoms with E-state index in [4.69, 9.17) is 4.42 Å². The van der Waals surface area contributed by atoms with E-state index in [1.165, 1.54) is 5.56 Å². The molecule has 1 aliphatic rings. The Bertz CT molecular complexity index is 805. The lowest BCUT2D eigenvalue weighted by Crippen LogP contribution is -2.41. The van der Waals surface area contributed by atoms with Crippen LogP contribution in [0.1, 0.15) is 37.0 Å². The molecule has 128 valence electrons. The van der Waals surface area contributed by atoms with Crippen LogP contribution in [0.15, 0.2) is 65.3 Å². The first-order valence-electron chi connectivity index (χ1n) is 8.88. The number of hydrogen-bond donors (Lipinski definition) is 0. The van der Waals surface area contributed by atoms with Gasteiger partial charge in [0.2, 0.25) is 0 Å². The molecule has 1 aromatic carbocycles. The molecule has 0 spiro atoms. The summed E-state index contributed by atoms with van der Waals surface area (Å²) in [6.45, 7) is 4.22. The molecular formula is C21H23N3O. The Kier molecular flexibility index (Phi) is 4.26. The second-order valence-electron chi connectivity index (χ2n) is 7.03. The molecule has 0 unspecified atom stereocenters. The third-order valence-electron chi connectivity index (χ3n) is 5.13. The van der Waals surface area contributed by atoms with E-state index in [2.05, 4.69) is 52.1 Å². The van der Waals surface area contributed by atoms with Crippen LogP contribution in [0.5, 0.6) is 0 Å². The van der Waals surface area contributed by atoms with Gasteiger partial charge in [-0.1, -0.05) is 43.3 Å². The van der Waals surface area contributed by atoms with Gasteiger partial charge in [-0.15, -0.1) is 0 Å². The van der Waals surface area contributed by atoms with E-state index in [-0.39, 0.29) is 5.41 Å². The molecule has 0 atom stereocenters. The number of nitrogens with zero attached hydrogens (tertiary/aromatic N) is 3. The summed E-state index contributed by atoms with van der Waals surface area (Å²) in [4.78, 5) is 11.4. The SMILES string of the molecule is CC1(c2ncc(Cc3ccccc3)o2)CCN(c2ccccn2)CC1. The van der Waals surface area contributed by atoms with Crippen LogP contribution in [0.3, 0.4) is 0 Å². The lowest BCUT2D eigenvalue weighted by molar-refractivity contribution is 0.278. The monoisotopic (exact) mass is 333 g/mol. The summed E-state index contributed by atoms with van der Waals surface area (Å²) >= 11 is 0. The molecule has 4 heteroatoms. The zero-order valence-electron chi connectivity index (χ0n) is 14.6. The maximum atomic E-state index is 6.13. The molecule has 1 aliphatic heterocycles. The Morgan fingerprint density at radius 3 is 2.48 bits per heavy atom. The normalized spacial score (nSPS) is 16.8. The van der Waals surface area contributed by atoms with E-state index in [1.54, 1.807) is 0 Å². The Labute approximate surface area is 148 Å². The summed E-state index contributed by atoms with van der Waals surface area (Å²) in [5.41, 5.74) is 1.25. The molecule has 0 bridgehead atoms. The van der Waals surface area contributed by atoms with Crippen LogP contribution in [0, 0.1) is 0 Å². The summed E-state index contributed by atoms with van der Waals surface area (Å²) < 4.78 is 6.13. The van der Waals surface area contributed by atoms with Gasteiger partial charge in [0.05, 0.1) is 6.20 Å². The summed E-state index contributed by atoms with van der Waals surface area (Å²) in [7, 11) is 0. The predicted molar refractivity (Wildman–Crippen MR) is 98.8 cm³/mol. The number of oxazole rings is 1. The van der Waals surface area contributed by atoms with Gasteiger partial charge < -0.3 is 9.32 Å². The highest BCUT2D eigenvalue weighted by molar-refractivity contribution is 5.38. The van der Waals surface area contributed by atoms with Crippen LogP contribution in [-0.4, -0.2) is 23.1 Å². The molecule has 0 saturated carbocycles. The number of rotatable bonds is 4. The van der Waals surface area contributed by atoms with Crippen LogP contribution in [0.25, 0.3) is 0 Å². The van der Waals surface area contributed by atoms with Crippen molar-refractivity contribution >= 4 is 5.82 Å². The highest BCUT2D eigenvalue weighted by Gasteiger charge is 2.36. The third kappa shape index (κ3) is 3.43. The molecule has 1 fully saturated rings. The Hall–Kier alpha value is -2.62. The maximum absolute atomic E-state index is 6.13. The van der Waals surface area contributed by atoms with Crippen molar-refractivity contribution in [1.82, 2.24) is 9.97 Å². The largest absolute Gasteiger partial charge is 0.445 e. The molecule has 25 heavy (non-hydrogen) atoms. The number of piperidine rings is 1. The highest BCUT2D eigenvalue weighted by Crippen LogP contribution is 2.35. The molecule has 0 amide bonds. The molecule has 4 rings (SSSR count). The molecule has 4 nitrogen and oxygen atoms in total. The topological polar surface area (TPSA) is 42.2 Å². The van der Waals surface area contributed by atoms with E-state index < -0.39 is 0 Å². The molecule has 0 radical (unpaired) electrons. The van der Waals surface area contributed by atoms with Crippen molar-refractivity contribution in [3.63, 3.8) is 0 Å². The molecule has 0 aliphatic carbocycles. The van der Waals surface area contributed by atoms with Crippen molar-refractivity contribution in [2.24, 2.45) is 0 Å². The number of aromatic nitrogens is 2. The van der Waals surface area contributed by atoms with Crippen molar-refractivity contribution in [2.45, 2.75) is 31.6 Å². The first-order valence-corrected chi connectivity index (χ1v) is 8.88. The average molecular weight is 333 g/mol. The van der Waals surface area contributed by atoms with E-state index in [0.29, 0.717) is 0 Å². The van der Waals surface area contributed by atoms with Gasteiger partial charge in [0, 0.05) is 31.1 Å². The summed E-state index contributed by atoms with van der Waals surface area (Å²) in [6.07, 6.45) is 6.58. The standard InChI is InChI=1S/C21H23N3O/c1-21(10-13-24(14-11-21)19-9-5-6-12-22-19)20-23-16-18(25-20)15-17-7-3-2-4-8-17/h2-9,12,16H,10-11,13-15H2,1H3. The molecule has 2 aromatic heterocycles. The number of benzene rings is 1. The Morgan fingerprint density at radius 1 is 1.00 bits per heavy atom. The summed E-state index contributed by atoms with van der Waals surface area (Å²) in [6, 6.07) is 16.5. The highest BCUT2D eigenvalue weighted by atomic mass is 16.4. The van der Waals surface area contributed by atoms with Gasteiger partial charge >= 0.3 is 0 Å². The van der Waals surface area contributed by atoms with Gasteiger partial charge in [-0.05, 0) is 30.5 Å². The molecule has 3 heterocycles. The van der Waals surface area contributed by atoms with Gasteiger partial charge in [-0.3, -0.25) is 0 Å². The van der Waals surface area contributed by atoms with Gasteiger partial charge in [0.1, 0.15) is 11.6 Å². The Morgan fingerprint density at radius 2 is 1.76 bits per heavy atom. The molecule has 3 aromatic rings. The van der Waals surface area contributed by atoms with E-state index in [9.17, 15) is 0 Å². The Balaban J connectivity index is 1.44. The zero-order valence-corrected chi connectivity index (χ0v) is 14.6. The second-order valence-corrected chi connectivity index (χ2v) is 7.03. The fraction of sp³-hybridized carbons (Fsp3) is 0.333. The van der Waals surface area contributed by atoms with E-state index in [0.717, 1.165) is 49.8 Å². The second kappa shape index (κ2) is 6.71. The molecular weight excluding hydrogens is 310 g/mol. The minimum atomic E-state index is 0.000216. The number of anilines is 1. The van der Waals surface area contributed by atoms with Crippen LogP contribution in [-0.2, 0) is 11.8 Å². The predicted octanol–water partition coefficient (Wildman–Crippen LogP) is 4.22. The third-order valence-corrected chi connectivity index (χ3v) is 5.13. The quantitative estimate of drug-likeness (QED) is 0.717. The van der Waals surface area contributed by atoms with Gasteiger partial charge in [-0.25, -0.2) is 9.97 Å². The van der Waals surface area contributed by atoms with E-state index >= 15 is 0 Å². The first-order chi connectivity index (χ1) is 12.2. The molecule has 0 N–H and O–H groups in total. The van der Waals surface area contributed by atoms with E-state index in [1.807, 2.05) is 30.6 Å². The van der Waals surface area contributed by atoms with Crippen LogP contribution in [0.4, 0.5) is 5.82 Å². The fourth-order valence-electron chi connectivity index (χ4n) is 3.45. The fourth-order valence-corrected chi connectivity index (χ4v) is 3.45. The first kappa shape index (κ1) is 15.9. The zero-order chi connectivity index (χ0) is 17.1. The van der Waals surface area contributed by atoms with Crippen molar-refractivity contribution in [2.75, 3.05) is 18.0 Å². The molecule has 1 saturated heterocycles. The van der Waals surface area contributed by atoms with Gasteiger partial charge in [-0.2, -0.15) is 0 Å². The van der Waals surface area contributed by atoms with Crippen LogP contribution < -0.4 is 4.90 Å². The lowest BCUT2D eigenvalue weighted by Gasteiger charge is -2.37. The van der Waals surface area contributed by atoms with Crippen molar-refractivity contribution < 1.29 is 4.42 Å². The minimum absolute atomic E-state index is 0.000216. The van der Waals surface area contributed by atoms with Gasteiger partial charge in [0.25, 0.3) is 0 Å². The lowest BCUT2D eigenvalue weighted by atomic mass is 9.80. The number of hydrogen-bond acceptors (Lipinski definition) is 4. The van der Waals surface area contributed by atoms with Crippen LogP contribution in [0.2, 0.25) is 0 Å². The number of pyridine rings is 1. The van der Waals surface area contributed by atoms with Gasteiger partial charge in [0.15, 0.2) is 5.89 Å². The van der Waals surface area contributed by atoms with Crippen LogP contribution >= 0.6 is 0 Å². The maximum Gasteiger partial charge on any atom is 0.200 e. The smallest absolute Gasteiger partial charge is 0.200 e. The average Bonchev–Trinajstić information content (AvgIpc) is 3.13. The summed E-state index contributed by atoms with van der Waals surface area (Å²) in [5, 5.41) is 0. The van der Waals surface area contributed by atoms with Crippen molar-refractivity contribution in [3.05, 3.63) is 78.1 Å². The van der Waals surface area contributed by atoms with Crippen molar-refractivity contribution in [3.8, 4) is 0 Å². The minimum Gasteiger partial charge on any atom is -0.445 e.